The second-order valence-corrected chi connectivity index (χ2v) is 8.40. The first-order valence-electron chi connectivity index (χ1n) is 11.3. The number of rotatable bonds is 8. The Balaban J connectivity index is 1.43. The van der Waals surface area contributed by atoms with E-state index in [0.29, 0.717) is 0 Å². The fourth-order valence-corrected chi connectivity index (χ4v) is 4.20. The summed E-state index contributed by atoms with van der Waals surface area (Å²) in [4.78, 5) is 36.1. The summed E-state index contributed by atoms with van der Waals surface area (Å²) in [5.41, 5.74) is 3.88. The zero-order valence-corrected chi connectivity index (χ0v) is 19.1. The zero-order chi connectivity index (χ0) is 24.9. The first kappa shape index (κ1) is 23.9. The Morgan fingerprint density at radius 1 is 0.971 bits per heavy atom. The van der Waals surface area contributed by atoms with E-state index in [1.54, 1.807) is 0 Å². The molecule has 0 fully saturated rings. The molecule has 0 radical (unpaired) electrons. The molecule has 8 heteroatoms. The Morgan fingerprint density at radius 3 is 2.23 bits per heavy atom. The summed E-state index contributed by atoms with van der Waals surface area (Å²) >= 11 is 0. The number of aliphatic carboxylic acids is 1. The Morgan fingerprint density at radius 2 is 1.60 bits per heavy atom. The molecule has 0 bridgehead atoms. The first-order valence-corrected chi connectivity index (χ1v) is 11.3. The maximum absolute atomic E-state index is 14.5. The number of carbonyl (C=O) groups excluding carboxylic acids is 2. The molecule has 2 amide bonds. The van der Waals surface area contributed by atoms with E-state index in [0.717, 1.165) is 28.3 Å². The predicted octanol–water partition coefficient (Wildman–Crippen LogP) is 5.03. The number of benzene rings is 3. The third-order valence-corrected chi connectivity index (χ3v) is 6.11. The van der Waals surface area contributed by atoms with Gasteiger partial charge in [0.05, 0.1) is 17.2 Å². The van der Waals surface area contributed by atoms with E-state index < -0.39 is 29.7 Å². The van der Waals surface area contributed by atoms with Crippen LogP contribution in [0.5, 0.6) is 0 Å². The largest absolute Gasteiger partial charge is 0.481 e. The minimum atomic E-state index is -0.970. The molecule has 1 aliphatic rings. The number of carboxylic acids is 1. The van der Waals surface area contributed by atoms with Crippen LogP contribution in [0, 0.1) is 11.7 Å². The molecule has 1 atom stereocenters. The second-order valence-electron chi connectivity index (χ2n) is 8.40. The molecule has 0 aliphatic heterocycles. The molecule has 0 heterocycles. The van der Waals surface area contributed by atoms with Gasteiger partial charge >= 0.3 is 12.1 Å². The van der Waals surface area contributed by atoms with Crippen LogP contribution < -0.4 is 10.6 Å². The molecule has 0 saturated heterocycles. The Bertz CT molecular complexity index is 1230. The topological polar surface area (TPSA) is 105 Å². The molecule has 180 valence electrons. The number of hydrogen-bond acceptors (Lipinski definition) is 4. The highest BCUT2D eigenvalue weighted by molar-refractivity contribution is 6.02. The summed E-state index contributed by atoms with van der Waals surface area (Å²) in [6, 6.07) is 19.7. The van der Waals surface area contributed by atoms with E-state index in [9.17, 15) is 18.8 Å². The van der Waals surface area contributed by atoms with Crippen molar-refractivity contribution in [3.63, 3.8) is 0 Å². The maximum Gasteiger partial charge on any atom is 0.411 e. The van der Waals surface area contributed by atoms with Crippen LogP contribution in [0.15, 0.2) is 66.7 Å². The van der Waals surface area contributed by atoms with E-state index in [-0.39, 0.29) is 36.7 Å². The van der Waals surface area contributed by atoms with E-state index in [4.69, 9.17) is 9.84 Å². The number of halogens is 1. The van der Waals surface area contributed by atoms with Crippen molar-refractivity contribution in [3.05, 3.63) is 89.2 Å². The van der Waals surface area contributed by atoms with Gasteiger partial charge in [0.15, 0.2) is 0 Å². The van der Waals surface area contributed by atoms with Crippen molar-refractivity contribution < 1.29 is 28.6 Å². The summed E-state index contributed by atoms with van der Waals surface area (Å²) in [6.45, 7) is 1.66. The summed E-state index contributed by atoms with van der Waals surface area (Å²) in [7, 11) is 0. The number of hydrogen-bond donors (Lipinski definition) is 3. The number of carbonyl (C=O) groups is 3. The van der Waals surface area contributed by atoms with Crippen molar-refractivity contribution in [1.29, 1.82) is 0 Å². The van der Waals surface area contributed by atoms with Crippen LogP contribution >= 0.6 is 0 Å². The highest BCUT2D eigenvalue weighted by Gasteiger charge is 2.29. The molecular formula is C27H25FN2O5. The Hall–Kier alpha value is -4.20. The second kappa shape index (κ2) is 10.4. The normalized spacial score (nSPS) is 12.9. The molecule has 3 aromatic carbocycles. The highest BCUT2D eigenvalue weighted by atomic mass is 19.1. The van der Waals surface area contributed by atoms with Crippen LogP contribution in [0.25, 0.3) is 11.1 Å². The van der Waals surface area contributed by atoms with Crippen molar-refractivity contribution in [1.82, 2.24) is 5.32 Å². The van der Waals surface area contributed by atoms with Gasteiger partial charge in [-0.15, -0.1) is 0 Å². The van der Waals surface area contributed by atoms with Crippen molar-refractivity contribution in [2.24, 2.45) is 5.92 Å². The third kappa shape index (κ3) is 5.16. The number of nitrogens with one attached hydrogen (secondary N) is 2. The summed E-state index contributed by atoms with van der Waals surface area (Å²) in [6.07, 6.45) is -0.670. The van der Waals surface area contributed by atoms with Gasteiger partial charge in [-0.2, -0.15) is 0 Å². The molecule has 35 heavy (non-hydrogen) atoms. The number of amides is 2. The van der Waals surface area contributed by atoms with Crippen molar-refractivity contribution in [2.45, 2.75) is 19.3 Å². The maximum atomic E-state index is 14.5. The molecule has 1 unspecified atom stereocenters. The molecule has 0 spiro atoms. The van der Waals surface area contributed by atoms with Crippen molar-refractivity contribution in [3.8, 4) is 11.1 Å². The van der Waals surface area contributed by atoms with Crippen molar-refractivity contribution >= 4 is 23.7 Å². The fraction of sp³-hybridized carbons (Fsp3) is 0.222. The monoisotopic (exact) mass is 476 g/mol. The number of ether oxygens (including phenoxy) is 1. The van der Waals surface area contributed by atoms with Gasteiger partial charge in [0.1, 0.15) is 12.4 Å². The lowest BCUT2D eigenvalue weighted by molar-refractivity contribution is -0.141. The van der Waals surface area contributed by atoms with Gasteiger partial charge in [-0.3, -0.25) is 14.9 Å². The fourth-order valence-electron chi connectivity index (χ4n) is 4.20. The lowest BCUT2D eigenvalue weighted by Crippen LogP contribution is -2.28. The van der Waals surface area contributed by atoms with Crippen LogP contribution in [0.3, 0.4) is 0 Å². The van der Waals surface area contributed by atoms with Crippen LogP contribution in [0.2, 0.25) is 0 Å². The molecular weight excluding hydrogens is 451 g/mol. The molecule has 4 rings (SSSR count). The van der Waals surface area contributed by atoms with Gasteiger partial charge in [-0.25, -0.2) is 9.18 Å². The average Bonchev–Trinajstić information content (AvgIpc) is 3.17. The van der Waals surface area contributed by atoms with Gasteiger partial charge in [0.25, 0.3) is 5.91 Å². The third-order valence-electron chi connectivity index (χ3n) is 6.11. The van der Waals surface area contributed by atoms with Crippen LogP contribution in [0.1, 0.15) is 40.7 Å². The van der Waals surface area contributed by atoms with E-state index in [2.05, 4.69) is 10.6 Å². The first-order chi connectivity index (χ1) is 16.9. The predicted molar refractivity (Wildman–Crippen MR) is 129 cm³/mol. The molecule has 0 aromatic heterocycles. The lowest BCUT2D eigenvalue weighted by atomic mass is 9.98. The zero-order valence-electron chi connectivity index (χ0n) is 19.1. The number of carboxylic acid groups (broad SMARTS) is 1. The summed E-state index contributed by atoms with van der Waals surface area (Å²) < 4.78 is 20.0. The lowest BCUT2D eigenvalue weighted by Gasteiger charge is -2.16. The smallest absolute Gasteiger partial charge is 0.411 e. The highest BCUT2D eigenvalue weighted by Crippen LogP contribution is 2.44. The quantitative estimate of drug-likeness (QED) is 0.423. The number of anilines is 1. The van der Waals surface area contributed by atoms with Gasteiger partial charge < -0.3 is 15.2 Å². The molecule has 3 aromatic rings. The SMILES string of the molecule is CC(CCNC(=O)c1cccc(F)c1NC(=O)OCC1c2ccccc2-c2ccccc21)C(=O)O. The minimum absolute atomic E-state index is 0.0446. The Labute approximate surface area is 201 Å². The van der Waals surface area contributed by atoms with E-state index in [1.165, 1.54) is 19.1 Å². The van der Waals surface area contributed by atoms with Crippen molar-refractivity contribution in [2.75, 3.05) is 18.5 Å². The van der Waals surface area contributed by atoms with Gasteiger partial charge in [-0.05, 0) is 40.8 Å². The summed E-state index contributed by atoms with van der Waals surface area (Å²) in [5, 5.41) is 13.9. The standard InChI is InChI=1S/C27H25FN2O5/c1-16(26(32)33)13-14-29-25(31)21-11-6-12-23(28)24(21)30-27(34)35-15-22-19-9-4-2-7-17(19)18-8-3-5-10-20(18)22/h2-12,16,22H,13-15H2,1H3,(H,29,31)(H,30,34)(H,32,33). The number of fused-ring (bicyclic) bond motifs is 3. The van der Waals surface area contributed by atoms with Crippen LogP contribution in [-0.4, -0.2) is 36.2 Å². The van der Waals surface area contributed by atoms with Crippen LogP contribution in [-0.2, 0) is 9.53 Å². The minimum Gasteiger partial charge on any atom is -0.481 e. The average molecular weight is 477 g/mol. The number of para-hydroxylation sites is 1. The summed E-state index contributed by atoms with van der Waals surface area (Å²) in [5.74, 6) is -3.18. The van der Waals surface area contributed by atoms with Gasteiger partial charge in [0.2, 0.25) is 0 Å². The molecule has 7 nitrogen and oxygen atoms in total. The van der Waals surface area contributed by atoms with Crippen LogP contribution in [0.4, 0.5) is 14.9 Å². The Kier molecular flexibility index (Phi) is 7.10. The van der Waals surface area contributed by atoms with Gasteiger partial charge in [0, 0.05) is 12.5 Å². The van der Waals surface area contributed by atoms with E-state index >= 15 is 0 Å². The molecule has 1 aliphatic carbocycles. The van der Waals surface area contributed by atoms with Gasteiger partial charge in [-0.1, -0.05) is 61.5 Å². The molecule has 3 N–H and O–H groups in total. The molecule has 0 saturated carbocycles. The van der Waals surface area contributed by atoms with E-state index in [1.807, 2.05) is 48.5 Å².